The minimum Gasteiger partial charge on any atom is -0.309 e. The van der Waals surface area contributed by atoms with Crippen molar-refractivity contribution in [2.24, 2.45) is 0 Å². The van der Waals surface area contributed by atoms with E-state index in [1.165, 1.54) is 47.6 Å². The Hall–Kier alpha value is -3.59. The average Bonchev–Trinajstić information content (AvgIpc) is 3.39. The Kier molecular flexibility index (Phi) is 4.14. The number of nitrogens with zero attached hydrogens (tertiary/aromatic N) is 1. The molecule has 2 heterocycles. The van der Waals surface area contributed by atoms with Gasteiger partial charge in [-0.25, -0.2) is 0 Å². The molecule has 7 aromatic rings. The van der Waals surface area contributed by atoms with E-state index in [0.29, 0.717) is 0 Å². The number of fused-ring (bicyclic) bond motifs is 6. The highest BCUT2D eigenvalue weighted by Gasteiger charge is 2.14. The number of benzene rings is 5. The van der Waals surface area contributed by atoms with Crippen molar-refractivity contribution in [3.05, 3.63) is 114 Å². The van der Waals surface area contributed by atoms with E-state index in [1.807, 2.05) is 17.4 Å². The zero-order chi connectivity index (χ0) is 21.9. The first-order valence-electron chi connectivity index (χ1n) is 11.0. The summed E-state index contributed by atoms with van der Waals surface area (Å²) in [6.45, 7) is 0. The monoisotopic (exact) mass is 459 g/mol. The lowest BCUT2D eigenvalue weighted by Crippen LogP contribution is -1.93. The van der Waals surface area contributed by atoms with Gasteiger partial charge < -0.3 is 4.57 Å². The Bertz CT molecular complexity index is 1820. The fourth-order valence-corrected chi connectivity index (χ4v) is 6.39. The van der Waals surface area contributed by atoms with Crippen LogP contribution in [0.5, 0.6) is 0 Å². The van der Waals surface area contributed by atoms with E-state index in [4.69, 9.17) is 11.6 Å². The van der Waals surface area contributed by atoms with Crippen molar-refractivity contribution in [3.8, 4) is 16.8 Å². The van der Waals surface area contributed by atoms with Crippen LogP contribution in [0, 0.1) is 0 Å². The lowest BCUT2D eigenvalue weighted by Gasteiger charge is -2.10. The van der Waals surface area contributed by atoms with Crippen molar-refractivity contribution in [2.45, 2.75) is 0 Å². The van der Waals surface area contributed by atoms with Crippen LogP contribution in [0.4, 0.5) is 0 Å². The highest BCUT2D eigenvalue weighted by molar-refractivity contribution is 7.26. The van der Waals surface area contributed by atoms with Gasteiger partial charge in [0, 0.05) is 41.7 Å². The molecule has 0 saturated heterocycles. The van der Waals surface area contributed by atoms with Gasteiger partial charge in [0.15, 0.2) is 0 Å². The first-order chi connectivity index (χ1) is 16.3. The molecule has 7 rings (SSSR count). The molecule has 0 fully saturated rings. The Balaban J connectivity index is 1.42. The molecule has 5 aromatic carbocycles. The van der Waals surface area contributed by atoms with Gasteiger partial charge in [-0.15, -0.1) is 11.3 Å². The first kappa shape index (κ1) is 18.9. The number of thiophene rings is 1. The summed E-state index contributed by atoms with van der Waals surface area (Å²) in [5, 5.41) is 5.87. The van der Waals surface area contributed by atoms with Crippen molar-refractivity contribution < 1.29 is 0 Å². The van der Waals surface area contributed by atoms with E-state index in [1.54, 1.807) is 0 Å². The summed E-state index contributed by atoms with van der Waals surface area (Å²) in [5.41, 5.74) is 5.97. The first-order valence-corrected chi connectivity index (χ1v) is 12.2. The fraction of sp³-hybridized carbons (Fsp3) is 0. The molecule has 3 heteroatoms. The van der Waals surface area contributed by atoms with Crippen LogP contribution < -0.4 is 0 Å². The highest BCUT2D eigenvalue weighted by Crippen LogP contribution is 2.40. The smallest absolute Gasteiger partial charge is 0.0555 e. The van der Waals surface area contributed by atoms with E-state index in [-0.39, 0.29) is 0 Å². The van der Waals surface area contributed by atoms with Gasteiger partial charge in [0.05, 0.1) is 11.0 Å². The molecule has 0 amide bonds. The maximum absolute atomic E-state index is 6.39. The van der Waals surface area contributed by atoms with Gasteiger partial charge in [0.25, 0.3) is 0 Å². The standard InChI is InChI=1S/C30H18ClNS/c31-20-14-17-24-23-6-1-3-10-27(23)32(28(24)18-20)21-15-12-19(13-16-21)22-8-5-9-26-25-7-2-4-11-29(25)33-30(22)26/h1-18H. The number of para-hydroxylation sites is 1. The van der Waals surface area contributed by atoms with E-state index in [2.05, 4.69) is 108 Å². The normalized spacial score (nSPS) is 11.8. The van der Waals surface area contributed by atoms with E-state index < -0.39 is 0 Å². The molecule has 0 spiro atoms. The zero-order valence-electron chi connectivity index (χ0n) is 17.6. The van der Waals surface area contributed by atoms with Gasteiger partial charge in [-0.3, -0.25) is 0 Å². The highest BCUT2D eigenvalue weighted by atomic mass is 35.5. The number of hydrogen-bond donors (Lipinski definition) is 0. The molecule has 1 nitrogen and oxygen atoms in total. The van der Waals surface area contributed by atoms with Gasteiger partial charge in [-0.1, -0.05) is 84.4 Å². The molecule has 0 aliphatic heterocycles. The van der Waals surface area contributed by atoms with E-state index in [9.17, 15) is 0 Å². The molecular formula is C30H18ClNS. The predicted molar refractivity (Wildman–Crippen MR) is 144 cm³/mol. The van der Waals surface area contributed by atoms with Gasteiger partial charge in [-0.2, -0.15) is 0 Å². The summed E-state index contributed by atoms with van der Waals surface area (Å²) >= 11 is 8.26. The summed E-state index contributed by atoms with van der Waals surface area (Å²) in [4.78, 5) is 0. The van der Waals surface area contributed by atoms with E-state index >= 15 is 0 Å². The third kappa shape index (κ3) is 2.85. The van der Waals surface area contributed by atoms with Gasteiger partial charge in [0.2, 0.25) is 0 Å². The van der Waals surface area contributed by atoms with Crippen LogP contribution >= 0.6 is 22.9 Å². The van der Waals surface area contributed by atoms with Crippen molar-refractivity contribution in [1.82, 2.24) is 4.57 Å². The van der Waals surface area contributed by atoms with Crippen LogP contribution in [0.1, 0.15) is 0 Å². The van der Waals surface area contributed by atoms with Crippen LogP contribution in [0.2, 0.25) is 5.02 Å². The van der Waals surface area contributed by atoms with Crippen LogP contribution in [-0.2, 0) is 0 Å². The van der Waals surface area contributed by atoms with Gasteiger partial charge in [0.1, 0.15) is 0 Å². The van der Waals surface area contributed by atoms with Crippen LogP contribution in [-0.4, -0.2) is 4.57 Å². The van der Waals surface area contributed by atoms with Crippen molar-refractivity contribution in [2.75, 3.05) is 0 Å². The number of halogens is 1. The van der Waals surface area contributed by atoms with Crippen molar-refractivity contribution >= 4 is 64.9 Å². The molecule has 0 N–H and O–H groups in total. The van der Waals surface area contributed by atoms with E-state index in [0.717, 1.165) is 16.2 Å². The van der Waals surface area contributed by atoms with Crippen molar-refractivity contribution in [3.63, 3.8) is 0 Å². The fourth-order valence-electron chi connectivity index (χ4n) is 4.99. The molecule has 0 aliphatic rings. The Morgan fingerprint density at radius 1 is 0.576 bits per heavy atom. The minimum atomic E-state index is 0.750. The quantitative estimate of drug-likeness (QED) is 0.242. The lowest BCUT2D eigenvalue weighted by molar-refractivity contribution is 1.18. The summed E-state index contributed by atoms with van der Waals surface area (Å²) in [6, 6.07) is 38.9. The second-order valence-electron chi connectivity index (χ2n) is 8.34. The Morgan fingerprint density at radius 2 is 1.30 bits per heavy atom. The molecule has 0 radical (unpaired) electrons. The number of aromatic nitrogens is 1. The van der Waals surface area contributed by atoms with Gasteiger partial charge >= 0.3 is 0 Å². The number of hydrogen-bond acceptors (Lipinski definition) is 1. The number of rotatable bonds is 2. The lowest BCUT2D eigenvalue weighted by atomic mass is 10.0. The van der Waals surface area contributed by atoms with Crippen LogP contribution in [0.25, 0.3) is 58.8 Å². The molecular weight excluding hydrogens is 442 g/mol. The predicted octanol–water partition coefficient (Wildman–Crippen LogP) is 9.47. The summed E-state index contributed by atoms with van der Waals surface area (Å²) in [7, 11) is 0. The summed E-state index contributed by atoms with van der Waals surface area (Å²) in [5.74, 6) is 0. The second-order valence-corrected chi connectivity index (χ2v) is 9.83. The Morgan fingerprint density at radius 3 is 2.18 bits per heavy atom. The summed E-state index contributed by atoms with van der Waals surface area (Å²) < 4.78 is 4.98. The van der Waals surface area contributed by atoms with Crippen molar-refractivity contribution in [1.29, 1.82) is 0 Å². The molecule has 0 unspecified atom stereocenters. The van der Waals surface area contributed by atoms with Crippen LogP contribution in [0.3, 0.4) is 0 Å². The zero-order valence-corrected chi connectivity index (χ0v) is 19.2. The van der Waals surface area contributed by atoms with Gasteiger partial charge in [-0.05, 0) is 47.5 Å². The molecule has 156 valence electrons. The molecule has 33 heavy (non-hydrogen) atoms. The molecule has 0 atom stereocenters. The third-order valence-electron chi connectivity index (χ3n) is 6.48. The maximum Gasteiger partial charge on any atom is 0.0555 e. The second kappa shape index (κ2) is 7.21. The van der Waals surface area contributed by atoms with Crippen LogP contribution in [0.15, 0.2) is 109 Å². The SMILES string of the molecule is Clc1ccc2c3ccccc3n(-c3ccc(-c4cccc5c4sc4ccccc45)cc3)c2c1. The molecule has 2 aromatic heterocycles. The minimum absolute atomic E-state index is 0.750. The third-order valence-corrected chi connectivity index (χ3v) is 7.93. The molecule has 0 bridgehead atoms. The molecule has 0 aliphatic carbocycles. The largest absolute Gasteiger partial charge is 0.309 e. The average molecular weight is 460 g/mol. The maximum atomic E-state index is 6.39. The molecule has 0 saturated carbocycles. The topological polar surface area (TPSA) is 4.93 Å². The Labute approximate surface area is 200 Å². The summed E-state index contributed by atoms with van der Waals surface area (Å²) in [6.07, 6.45) is 0.